The molecule has 0 aromatic heterocycles. The Hall–Kier alpha value is -1.32. The lowest BCUT2D eigenvalue weighted by Gasteiger charge is -2.26. The van der Waals surface area contributed by atoms with Crippen LogP contribution in [0.25, 0.3) is 0 Å². The molecular formula is C18H22BrNO. The van der Waals surface area contributed by atoms with Crippen molar-refractivity contribution in [3.05, 3.63) is 64.1 Å². The molecule has 0 aliphatic rings. The van der Waals surface area contributed by atoms with Gasteiger partial charge in [0.15, 0.2) is 0 Å². The Labute approximate surface area is 135 Å². The third-order valence-corrected chi connectivity index (χ3v) is 4.40. The highest BCUT2D eigenvalue weighted by molar-refractivity contribution is 9.10. The minimum absolute atomic E-state index is 0.277. The number of methoxy groups -OCH3 is 1. The molecule has 0 heterocycles. The summed E-state index contributed by atoms with van der Waals surface area (Å²) in [5, 5.41) is 3.60. The molecule has 2 unspecified atom stereocenters. The Kier molecular flexibility index (Phi) is 5.83. The molecule has 0 amide bonds. The lowest BCUT2D eigenvalue weighted by molar-refractivity contribution is 0.411. The van der Waals surface area contributed by atoms with Crippen LogP contribution in [0, 0.1) is 0 Å². The maximum Gasteiger partial charge on any atom is 0.133 e. The van der Waals surface area contributed by atoms with Crippen molar-refractivity contribution in [2.24, 2.45) is 0 Å². The largest absolute Gasteiger partial charge is 0.496 e. The smallest absolute Gasteiger partial charge is 0.133 e. The van der Waals surface area contributed by atoms with E-state index in [1.807, 2.05) is 6.07 Å². The average molecular weight is 348 g/mol. The molecule has 2 atom stereocenters. The van der Waals surface area contributed by atoms with Crippen molar-refractivity contribution in [2.75, 3.05) is 13.7 Å². The highest BCUT2D eigenvalue weighted by atomic mass is 79.9. The van der Waals surface area contributed by atoms with Gasteiger partial charge in [0.25, 0.3) is 0 Å². The molecule has 0 aliphatic heterocycles. The topological polar surface area (TPSA) is 21.3 Å². The van der Waals surface area contributed by atoms with Gasteiger partial charge in [0.2, 0.25) is 0 Å². The molecule has 2 aromatic carbocycles. The fourth-order valence-corrected chi connectivity index (χ4v) is 3.19. The summed E-state index contributed by atoms with van der Waals surface area (Å²) in [7, 11) is 1.69. The summed E-state index contributed by atoms with van der Waals surface area (Å²) in [5.41, 5.74) is 2.61. The van der Waals surface area contributed by atoms with Crippen molar-refractivity contribution in [3.8, 4) is 5.75 Å². The number of rotatable bonds is 6. The Bertz CT molecular complexity index is 571. The van der Waals surface area contributed by atoms with Gasteiger partial charge >= 0.3 is 0 Å². The van der Waals surface area contributed by atoms with Gasteiger partial charge in [-0.05, 0) is 45.7 Å². The molecule has 2 rings (SSSR count). The van der Waals surface area contributed by atoms with Gasteiger partial charge in [0.1, 0.15) is 5.75 Å². The monoisotopic (exact) mass is 347 g/mol. The zero-order chi connectivity index (χ0) is 15.2. The summed E-state index contributed by atoms with van der Waals surface area (Å²) in [4.78, 5) is 0. The number of hydrogen-bond acceptors (Lipinski definition) is 2. The summed E-state index contributed by atoms with van der Waals surface area (Å²) >= 11 is 3.58. The van der Waals surface area contributed by atoms with Gasteiger partial charge in [0, 0.05) is 12.0 Å². The zero-order valence-corrected chi connectivity index (χ0v) is 14.4. The Morgan fingerprint density at radius 3 is 2.38 bits per heavy atom. The van der Waals surface area contributed by atoms with E-state index in [0.29, 0.717) is 5.92 Å². The molecule has 2 aromatic rings. The first-order valence-electron chi connectivity index (χ1n) is 7.29. The van der Waals surface area contributed by atoms with Crippen LogP contribution >= 0.6 is 15.9 Å². The highest BCUT2D eigenvalue weighted by Gasteiger charge is 2.20. The maximum atomic E-state index is 5.32. The van der Waals surface area contributed by atoms with Crippen LogP contribution in [0.4, 0.5) is 0 Å². The molecule has 0 saturated carbocycles. The number of hydrogen-bond donors (Lipinski definition) is 1. The molecule has 3 heteroatoms. The molecule has 112 valence electrons. The molecule has 0 aliphatic carbocycles. The lowest BCUT2D eigenvalue weighted by Crippen LogP contribution is -2.25. The number of nitrogens with one attached hydrogen (secondary N) is 1. The third-order valence-electron chi connectivity index (χ3n) is 3.78. The highest BCUT2D eigenvalue weighted by Crippen LogP contribution is 2.34. The quantitative estimate of drug-likeness (QED) is 0.801. The van der Waals surface area contributed by atoms with E-state index in [9.17, 15) is 0 Å². The molecule has 0 saturated heterocycles. The van der Waals surface area contributed by atoms with E-state index in [0.717, 1.165) is 16.8 Å². The predicted octanol–water partition coefficient (Wildman–Crippen LogP) is 4.91. The van der Waals surface area contributed by atoms with Crippen LogP contribution in [0.15, 0.2) is 53.0 Å². The second-order valence-electron chi connectivity index (χ2n) is 5.13. The van der Waals surface area contributed by atoms with Crippen molar-refractivity contribution in [3.63, 3.8) is 0 Å². The number of halogens is 1. The van der Waals surface area contributed by atoms with Crippen molar-refractivity contribution >= 4 is 15.9 Å². The zero-order valence-electron chi connectivity index (χ0n) is 12.8. The van der Waals surface area contributed by atoms with E-state index in [4.69, 9.17) is 4.74 Å². The van der Waals surface area contributed by atoms with E-state index in [1.165, 1.54) is 11.1 Å². The normalized spacial score (nSPS) is 13.7. The van der Waals surface area contributed by atoms with E-state index in [1.54, 1.807) is 7.11 Å². The van der Waals surface area contributed by atoms with Crippen LogP contribution in [0.5, 0.6) is 5.75 Å². The Morgan fingerprint density at radius 2 is 1.81 bits per heavy atom. The molecule has 0 fully saturated rings. The second kappa shape index (κ2) is 7.62. The molecule has 0 spiro atoms. The Morgan fingerprint density at radius 1 is 1.10 bits per heavy atom. The van der Waals surface area contributed by atoms with Gasteiger partial charge in [0.05, 0.1) is 11.6 Å². The number of benzene rings is 2. The van der Waals surface area contributed by atoms with Crippen LogP contribution in [0.1, 0.15) is 36.9 Å². The second-order valence-corrected chi connectivity index (χ2v) is 5.98. The SMILES string of the molecule is CCNC(c1ccc(OC)c(Br)c1)C(C)c1ccccc1. The van der Waals surface area contributed by atoms with E-state index >= 15 is 0 Å². The van der Waals surface area contributed by atoms with Gasteiger partial charge in [-0.3, -0.25) is 0 Å². The van der Waals surface area contributed by atoms with E-state index in [2.05, 4.69) is 77.6 Å². The van der Waals surface area contributed by atoms with Gasteiger partial charge in [-0.25, -0.2) is 0 Å². The number of ether oxygens (including phenoxy) is 1. The Balaban J connectivity index is 2.32. The van der Waals surface area contributed by atoms with Gasteiger partial charge < -0.3 is 10.1 Å². The van der Waals surface area contributed by atoms with Crippen molar-refractivity contribution in [1.82, 2.24) is 5.32 Å². The summed E-state index contributed by atoms with van der Waals surface area (Å²) in [5.74, 6) is 1.26. The van der Waals surface area contributed by atoms with Crippen LogP contribution in [0.2, 0.25) is 0 Å². The summed E-state index contributed by atoms with van der Waals surface area (Å²) in [6.07, 6.45) is 0. The molecule has 21 heavy (non-hydrogen) atoms. The fourth-order valence-electron chi connectivity index (χ4n) is 2.63. The van der Waals surface area contributed by atoms with E-state index in [-0.39, 0.29) is 6.04 Å². The van der Waals surface area contributed by atoms with Crippen LogP contribution in [-0.2, 0) is 0 Å². The molecular weight excluding hydrogens is 326 g/mol. The summed E-state index contributed by atoms with van der Waals surface area (Å²) in [6.45, 7) is 5.34. The van der Waals surface area contributed by atoms with Crippen LogP contribution in [-0.4, -0.2) is 13.7 Å². The minimum atomic E-state index is 0.277. The standard InChI is InChI=1S/C18H22BrNO/c1-4-20-18(13(2)14-8-6-5-7-9-14)15-10-11-17(21-3)16(19)12-15/h5-13,18,20H,4H2,1-3H3. The van der Waals surface area contributed by atoms with Crippen LogP contribution in [0.3, 0.4) is 0 Å². The van der Waals surface area contributed by atoms with Gasteiger partial charge in [-0.1, -0.05) is 50.2 Å². The molecule has 0 bridgehead atoms. The van der Waals surface area contributed by atoms with Crippen molar-refractivity contribution in [1.29, 1.82) is 0 Å². The van der Waals surface area contributed by atoms with Crippen molar-refractivity contribution in [2.45, 2.75) is 25.8 Å². The minimum Gasteiger partial charge on any atom is -0.496 e. The molecule has 2 nitrogen and oxygen atoms in total. The molecule has 1 N–H and O–H groups in total. The van der Waals surface area contributed by atoms with Gasteiger partial charge in [-0.15, -0.1) is 0 Å². The molecule has 0 radical (unpaired) electrons. The average Bonchev–Trinajstić information content (AvgIpc) is 2.52. The predicted molar refractivity (Wildman–Crippen MR) is 92.0 cm³/mol. The van der Waals surface area contributed by atoms with Crippen molar-refractivity contribution < 1.29 is 4.74 Å². The summed E-state index contributed by atoms with van der Waals surface area (Å²) in [6, 6.07) is 17.2. The maximum absolute atomic E-state index is 5.32. The fraction of sp³-hybridized carbons (Fsp3) is 0.333. The van der Waals surface area contributed by atoms with E-state index < -0.39 is 0 Å². The lowest BCUT2D eigenvalue weighted by atomic mass is 9.88. The number of likely N-dealkylation sites (N-methyl/N-ethyl adjacent to an activating group) is 1. The van der Waals surface area contributed by atoms with Gasteiger partial charge in [-0.2, -0.15) is 0 Å². The first kappa shape index (κ1) is 16.1. The first-order chi connectivity index (χ1) is 10.2. The summed E-state index contributed by atoms with van der Waals surface area (Å²) < 4.78 is 6.31. The third kappa shape index (κ3) is 3.86. The first-order valence-corrected chi connectivity index (χ1v) is 8.08. The van der Waals surface area contributed by atoms with Crippen LogP contribution < -0.4 is 10.1 Å².